The molecule has 1 heterocycles. The SMILES string of the molecule is CCCNc1ncnc(Nc2cc(C)cc(C)c2)c1CC. The first-order valence-electron chi connectivity index (χ1n) is 7.57. The lowest BCUT2D eigenvalue weighted by atomic mass is 10.1. The summed E-state index contributed by atoms with van der Waals surface area (Å²) in [5.74, 6) is 1.82. The quantitative estimate of drug-likeness (QED) is 0.833. The van der Waals surface area contributed by atoms with Gasteiger partial charge in [0, 0.05) is 17.8 Å². The molecule has 0 amide bonds. The molecule has 0 unspecified atom stereocenters. The summed E-state index contributed by atoms with van der Waals surface area (Å²) in [7, 11) is 0. The predicted molar refractivity (Wildman–Crippen MR) is 89.4 cm³/mol. The second-order valence-electron chi connectivity index (χ2n) is 5.33. The summed E-state index contributed by atoms with van der Waals surface area (Å²) in [6.45, 7) is 9.41. The number of hydrogen-bond acceptors (Lipinski definition) is 4. The molecule has 2 aromatic rings. The summed E-state index contributed by atoms with van der Waals surface area (Å²) in [4.78, 5) is 8.77. The molecule has 4 heteroatoms. The van der Waals surface area contributed by atoms with Gasteiger partial charge in [0.1, 0.15) is 18.0 Å². The van der Waals surface area contributed by atoms with E-state index in [-0.39, 0.29) is 0 Å². The van der Waals surface area contributed by atoms with Gasteiger partial charge in [-0.1, -0.05) is 19.9 Å². The normalized spacial score (nSPS) is 10.5. The van der Waals surface area contributed by atoms with Gasteiger partial charge in [0.05, 0.1) is 0 Å². The van der Waals surface area contributed by atoms with Crippen LogP contribution in [0.2, 0.25) is 0 Å². The molecule has 4 nitrogen and oxygen atoms in total. The monoisotopic (exact) mass is 284 g/mol. The van der Waals surface area contributed by atoms with Gasteiger partial charge in [0.25, 0.3) is 0 Å². The summed E-state index contributed by atoms with van der Waals surface area (Å²) in [6.07, 6.45) is 3.58. The van der Waals surface area contributed by atoms with Crippen LogP contribution in [-0.4, -0.2) is 16.5 Å². The van der Waals surface area contributed by atoms with Gasteiger partial charge in [0.15, 0.2) is 0 Å². The molecule has 0 fully saturated rings. The fourth-order valence-electron chi connectivity index (χ4n) is 2.43. The molecule has 1 aromatic carbocycles. The number of anilines is 3. The maximum absolute atomic E-state index is 4.41. The van der Waals surface area contributed by atoms with Crippen LogP contribution in [0.3, 0.4) is 0 Å². The summed E-state index contributed by atoms with van der Waals surface area (Å²) in [6, 6.07) is 6.43. The van der Waals surface area contributed by atoms with E-state index in [9.17, 15) is 0 Å². The van der Waals surface area contributed by atoms with Crippen LogP contribution in [0.5, 0.6) is 0 Å². The first-order valence-corrected chi connectivity index (χ1v) is 7.57. The highest BCUT2D eigenvalue weighted by atomic mass is 15.1. The molecular weight excluding hydrogens is 260 g/mol. The topological polar surface area (TPSA) is 49.8 Å². The van der Waals surface area contributed by atoms with Crippen molar-refractivity contribution < 1.29 is 0 Å². The lowest BCUT2D eigenvalue weighted by Gasteiger charge is -2.15. The number of nitrogens with one attached hydrogen (secondary N) is 2. The zero-order valence-electron chi connectivity index (χ0n) is 13.3. The lowest BCUT2D eigenvalue weighted by molar-refractivity contribution is 0.949. The van der Waals surface area contributed by atoms with E-state index < -0.39 is 0 Å². The zero-order chi connectivity index (χ0) is 15.2. The molecule has 0 saturated heterocycles. The summed E-state index contributed by atoms with van der Waals surface area (Å²) in [5, 5.41) is 6.80. The lowest BCUT2D eigenvalue weighted by Crippen LogP contribution is -2.08. The first kappa shape index (κ1) is 15.3. The van der Waals surface area contributed by atoms with Crippen LogP contribution in [0.25, 0.3) is 0 Å². The zero-order valence-corrected chi connectivity index (χ0v) is 13.3. The Labute approximate surface area is 127 Å². The highest BCUT2D eigenvalue weighted by Crippen LogP contribution is 2.25. The van der Waals surface area contributed by atoms with E-state index in [1.807, 2.05) is 0 Å². The van der Waals surface area contributed by atoms with Crippen LogP contribution in [0, 0.1) is 13.8 Å². The number of hydrogen-bond donors (Lipinski definition) is 2. The minimum atomic E-state index is 0.885. The van der Waals surface area contributed by atoms with Crippen molar-refractivity contribution in [1.82, 2.24) is 9.97 Å². The van der Waals surface area contributed by atoms with Crippen molar-refractivity contribution in [3.05, 3.63) is 41.2 Å². The molecule has 0 aliphatic heterocycles. The average Bonchev–Trinajstić information content (AvgIpc) is 2.44. The molecule has 0 radical (unpaired) electrons. The van der Waals surface area contributed by atoms with Gasteiger partial charge in [-0.15, -0.1) is 0 Å². The van der Waals surface area contributed by atoms with Gasteiger partial charge in [-0.2, -0.15) is 0 Å². The van der Waals surface area contributed by atoms with Gasteiger partial charge in [-0.25, -0.2) is 9.97 Å². The van der Waals surface area contributed by atoms with E-state index in [2.05, 4.69) is 66.5 Å². The van der Waals surface area contributed by atoms with Gasteiger partial charge in [0.2, 0.25) is 0 Å². The Morgan fingerprint density at radius 1 is 0.952 bits per heavy atom. The molecule has 0 bridgehead atoms. The van der Waals surface area contributed by atoms with Crippen molar-refractivity contribution >= 4 is 17.3 Å². The van der Waals surface area contributed by atoms with E-state index in [1.165, 1.54) is 11.1 Å². The average molecular weight is 284 g/mol. The molecule has 1 aromatic heterocycles. The fraction of sp³-hybridized carbons (Fsp3) is 0.412. The number of aryl methyl sites for hydroxylation is 2. The van der Waals surface area contributed by atoms with Gasteiger partial charge in [-0.05, 0) is 49.9 Å². The second-order valence-corrected chi connectivity index (χ2v) is 5.33. The van der Waals surface area contributed by atoms with Crippen molar-refractivity contribution in [3.63, 3.8) is 0 Å². The predicted octanol–water partition coefficient (Wildman–Crippen LogP) is 4.22. The summed E-state index contributed by atoms with van der Waals surface area (Å²) < 4.78 is 0. The third-order valence-corrected chi connectivity index (χ3v) is 3.33. The maximum atomic E-state index is 4.41. The molecular formula is C17H24N4. The van der Waals surface area contributed by atoms with Crippen LogP contribution in [0.15, 0.2) is 24.5 Å². The van der Waals surface area contributed by atoms with Crippen molar-refractivity contribution in [3.8, 4) is 0 Å². The molecule has 0 atom stereocenters. The van der Waals surface area contributed by atoms with Gasteiger partial charge in [-0.3, -0.25) is 0 Å². The molecule has 2 rings (SSSR count). The van der Waals surface area contributed by atoms with Crippen LogP contribution in [0.4, 0.5) is 17.3 Å². The molecule has 0 aliphatic rings. The molecule has 0 saturated carbocycles. The van der Waals surface area contributed by atoms with Crippen LogP contribution < -0.4 is 10.6 Å². The third-order valence-electron chi connectivity index (χ3n) is 3.33. The Morgan fingerprint density at radius 3 is 2.24 bits per heavy atom. The van der Waals surface area contributed by atoms with Crippen molar-refractivity contribution in [2.45, 2.75) is 40.5 Å². The molecule has 2 N–H and O–H groups in total. The van der Waals surface area contributed by atoms with E-state index in [1.54, 1.807) is 6.33 Å². The molecule has 0 spiro atoms. The Hall–Kier alpha value is -2.10. The maximum Gasteiger partial charge on any atom is 0.139 e. The van der Waals surface area contributed by atoms with Crippen molar-refractivity contribution in [1.29, 1.82) is 0 Å². The van der Waals surface area contributed by atoms with Gasteiger partial charge < -0.3 is 10.6 Å². The van der Waals surface area contributed by atoms with Crippen molar-refractivity contribution in [2.24, 2.45) is 0 Å². The van der Waals surface area contributed by atoms with E-state index >= 15 is 0 Å². The number of rotatable bonds is 6. The molecule has 21 heavy (non-hydrogen) atoms. The Kier molecular flexibility index (Phi) is 5.14. The standard InChI is InChI=1S/C17H24N4/c1-5-7-18-16-15(6-2)17(20-11-19-16)21-14-9-12(3)8-13(4)10-14/h8-11H,5-7H2,1-4H3,(H2,18,19,20,21). The number of aromatic nitrogens is 2. The van der Waals surface area contributed by atoms with E-state index in [4.69, 9.17) is 0 Å². The highest BCUT2D eigenvalue weighted by Gasteiger charge is 2.09. The minimum absolute atomic E-state index is 0.885. The van der Waals surface area contributed by atoms with Gasteiger partial charge >= 0.3 is 0 Å². The molecule has 112 valence electrons. The second kappa shape index (κ2) is 7.07. The third kappa shape index (κ3) is 3.94. The largest absolute Gasteiger partial charge is 0.370 e. The Balaban J connectivity index is 2.30. The highest BCUT2D eigenvalue weighted by molar-refractivity contribution is 5.65. The van der Waals surface area contributed by atoms with Crippen LogP contribution >= 0.6 is 0 Å². The minimum Gasteiger partial charge on any atom is -0.370 e. The smallest absolute Gasteiger partial charge is 0.139 e. The van der Waals surface area contributed by atoms with E-state index in [0.717, 1.165) is 42.3 Å². The summed E-state index contributed by atoms with van der Waals surface area (Å²) >= 11 is 0. The van der Waals surface area contributed by atoms with Crippen LogP contribution in [0.1, 0.15) is 37.0 Å². The first-order chi connectivity index (χ1) is 10.1. The fourth-order valence-corrected chi connectivity index (χ4v) is 2.43. The van der Waals surface area contributed by atoms with Crippen LogP contribution in [-0.2, 0) is 6.42 Å². The number of nitrogens with zero attached hydrogens (tertiary/aromatic N) is 2. The van der Waals surface area contributed by atoms with Crippen molar-refractivity contribution in [2.75, 3.05) is 17.2 Å². The summed E-state index contributed by atoms with van der Waals surface area (Å²) in [5.41, 5.74) is 4.69. The molecule has 0 aliphatic carbocycles. The Morgan fingerprint density at radius 2 is 1.62 bits per heavy atom. The van der Waals surface area contributed by atoms with E-state index in [0.29, 0.717) is 0 Å². The number of benzene rings is 1. The Bertz CT molecular complexity index is 587.